The van der Waals surface area contributed by atoms with Crippen LogP contribution in [0.3, 0.4) is 0 Å². The van der Waals surface area contributed by atoms with E-state index in [9.17, 15) is 9.90 Å². The maximum atomic E-state index is 11.2. The lowest BCUT2D eigenvalue weighted by Gasteiger charge is -2.37. The molecule has 0 spiro atoms. The fraction of sp³-hybridized carbons (Fsp3) is 0.583. The average molecular weight is 239 g/mol. The van der Waals surface area contributed by atoms with E-state index in [4.69, 9.17) is 9.15 Å². The van der Waals surface area contributed by atoms with Crippen molar-refractivity contribution in [3.63, 3.8) is 0 Å². The molecule has 2 heterocycles. The van der Waals surface area contributed by atoms with Crippen molar-refractivity contribution >= 4 is 5.97 Å². The van der Waals surface area contributed by atoms with Crippen LogP contribution in [0.4, 0.5) is 0 Å². The first kappa shape index (κ1) is 12.1. The summed E-state index contributed by atoms with van der Waals surface area (Å²) >= 11 is 0. The number of nitrogens with zero attached hydrogens (tertiary/aromatic N) is 1. The number of rotatable bonds is 4. The second-order valence-corrected chi connectivity index (χ2v) is 4.11. The number of furan rings is 1. The topological polar surface area (TPSA) is 62.9 Å². The van der Waals surface area contributed by atoms with Gasteiger partial charge in [0.1, 0.15) is 11.8 Å². The van der Waals surface area contributed by atoms with Gasteiger partial charge in [-0.2, -0.15) is 0 Å². The Balaban J connectivity index is 2.19. The molecule has 2 unspecified atom stereocenters. The van der Waals surface area contributed by atoms with E-state index in [0.717, 1.165) is 12.2 Å². The molecule has 1 aliphatic rings. The molecule has 1 aromatic heterocycles. The molecule has 5 heteroatoms. The van der Waals surface area contributed by atoms with Crippen molar-refractivity contribution in [2.24, 2.45) is 0 Å². The number of morpholine rings is 1. The van der Waals surface area contributed by atoms with Crippen LogP contribution >= 0.6 is 0 Å². The molecule has 2 rings (SSSR count). The molecule has 0 radical (unpaired) electrons. The van der Waals surface area contributed by atoms with Crippen LogP contribution in [0.5, 0.6) is 0 Å². The second-order valence-electron chi connectivity index (χ2n) is 4.11. The fourth-order valence-corrected chi connectivity index (χ4v) is 2.28. The van der Waals surface area contributed by atoms with Crippen LogP contribution < -0.4 is 0 Å². The lowest BCUT2D eigenvalue weighted by atomic mass is 10.1. The Morgan fingerprint density at radius 3 is 3.12 bits per heavy atom. The summed E-state index contributed by atoms with van der Waals surface area (Å²) < 4.78 is 10.6. The van der Waals surface area contributed by atoms with Crippen molar-refractivity contribution in [3.05, 3.63) is 24.2 Å². The number of carboxylic acids is 1. The molecule has 0 aliphatic carbocycles. The molecule has 1 aromatic rings. The molecule has 1 fully saturated rings. The van der Waals surface area contributed by atoms with E-state index in [1.54, 1.807) is 6.26 Å². The summed E-state index contributed by atoms with van der Waals surface area (Å²) in [4.78, 5) is 13.2. The molecule has 5 nitrogen and oxygen atoms in total. The van der Waals surface area contributed by atoms with Gasteiger partial charge in [-0.05, 0) is 18.6 Å². The normalized spacial score (nSPS) is 23.5. The monoisotopic (exact) mass is 239 g/mol. The smallest absolute Gasteiger partial charge is 0.323 e. The molecule has 0 saturated carbocycles. The minimum Gasteiger partial charge on any atom is -0.480 e. The van der Waals surface area contributed by atoms with Crippen molar-refractivity contribution in [1.82, 2.24) is 4.90 Å². The Morgan fingerprint density at radius 2 is 2.53 bits per heavy atom. The molecule has 1 saturated heterocycles. The first-order valence-electron chi connectivity index (χ1n) is 5.83. The van der Waals surface area contributed by atoms with E-state index >= 15 is 0 Å². The predicted molar refractivity (Wildman–Crippen MR) is 60.7 cm³/mol. The van der Waals surface area contributed by atoms with Gasteiger partial charge in [0.05, 0.1) is 25.5 Å². The third-order valence-electron chi connectivity index (χ3n) is 3.11. The second kappa shape index (κ2) is 5.33. The number of carboxylic acid groups (broad SMARTS) is 1. The van der Waals surface area contributed by atoms with Gasteiger partial charge in [0.25, 0.3) is 0 Å². The lowest BCUT2D eigenvalue weighted by molar-refractivity contribution is -0.152. The fourth-order valence-electron chi connectivity index (χ4n) is 2.28. The minimum atomic E-state index is -0.838. The summed E-state index contributed by atoms with van der Waals surface area (Å²) in [6, 6.07) is 3.14. The van der Waals surface area contributed by atoms with E-state index in [1.165, 1.54) is 0 Å². The van der Waals surface area contributed by atoms with E-state index in [0.29, 0.717) is 13.2 Å². The van der Waals surface area contributed by atoms with Crippen LogP contribution in [-0.2, 0) is 9.53 Å². The van der Waals surface area contributed by atoms with Crippen molar-refractivity contribution in [1.29, 1.82) is 0 Å². The highest BCUT2D eigenvalue weighted by Crippen LogP contribution is 2.28. The Morgan fingerprint density at radius 1 is 1.71 bits per heavy atom. The number of hydrogen-bond donors (Lipinski definition) is 1. The van der Waals surface area contributed by atoms with Gasteiger partial charge < -0.3 is 14.3 Å². The Bertz CT molecular complexity index is 363. The summed E-state index contributed by atoms with van der Waals surface area (Å²) in [6.07, 6.45) is 2.44. The van der Waals surface area contributed by atoms with E-state index in [1.807, 2.05) is 24.0 Å². The van der Waals surface area contributed by atoms with Crippen LogP contribution in [-0.4, -0.2) is 41.8 Å². The zero-order valence-corrected chi connectivity index (χ0v) is 9.83. The zero-order chi connectivity index (χ0) is 12.3. The molecular formula is C12H17NO4. The van der Waals surface area contributed by atoms with Crippen molar-refractivity contribution in [3.8, 4) is 0 Å². The molecule has 1 N–H and O–H groups in total. The molecule has 0 aromatic carbocycles. The van der Waals surface area contributed by atoms with Gasteiger partial charge >= 0.3 is 5.97 Å². The van der Waals surface area contributed by atoms with Crippen molar-refractivity contribution < 1.29 is 19.1 Å². The highest BCUT2D eigenvalue weighted by Gasteiger charge is 2.35. The number of carbonyl (C=O) groups is 1. The van der Waals surface area contributed by atoms with Crippen molar-refractivity contribution in [2.75, 3.05) is 19.8 Å². The highest BCUT2D eigenvalue weighted by molar-refractivity contribution is 5.73. The highest BCUT2D eigenvalue weighted by atomic mass is 16.5. The van der Waals surface area contributed by atoms with Crippen LogP contribution in [0.1, 0.15) is 25.1 Å². The number of aliphatic carboxylic acids is 1. The number of ether oxygens (including phenoxy) is 1. The average Bonchev–Trinajstić information content (AvgIpc) is 2.84. The summed E-state index contributed by atoms with van der Waals surface area (Å²) in [6.45, 7) is 3.46. The van der Waals surface area contributed by atoms with Gasteiger partial charge in [0.15, 0.2) is 0 Å². The first-order valence-corrected chi connectivity index (χ1v) is 5.83. The standard InChI is InChI=1S/C12H17NO4/c1-2-9(11-4-3-6-17-11)13-5-7-16-8-10(13)12(14)15/h3-4,6,9-10H,2,5,7-8H2,1H3,(H,14,15). The van der Waals surface area contributed by atoms with Gasteiger partial charge in [0.2, 0.25) is 0 Å². The predicted octanol–water partition coefficient (Wildman–Crippen LogP) is 1.52. The SMILES string of the molecule is CCC(c1ccco1)N1CCOCC1C(=O)O. The molecule has 2 atom stereocenters. The molecule has 0 amide bonds. The molecule has 0 bridgehead atoms. The minimum absolute atomic E-state index is 0.00926. The van der Waals surface area contributed by atoms with E-state index in [2.05, 4.69) is 0 Å². The van der Waals surface area contributed by atoms with Gasteiger partial charge in [-0.15, -0.1) is 0 Å². The largest absolute Gasteiger partial charge is 0.480 e. The van der Waals surface area contributed by atoms with Crippen LogP contribution in [0, 0.1) is 0 Å². The van der Waals surface area contributed by atoms with Crippen LogP contribution in [0.25, 0.3) is 0 Å². The molecule has 94 valence electrons. The van der Waals surface area contributed by atoms with Gasteiger partial charge in [-0.1, -0.05) is 6.92 Å². The van der Waals surface area contributed by atoms with E-state index in [-0.39, 0.29) is 12.6 Å². The quantitative estimate of drug-likeness (QED) is 0.863. The Hall–Kier alpha value is -1.33. The molecular weight excluding hydrogens is 222 g/mol. The lowest BCUT2D eigenvalue weighted by Crippen LogP contribution is -2.51. The summed E-state index contributed by atoms with van der Waals surface area (Å²) in [5, 5.41) is 9.20. The van der Waals surface area contributed by atoms with E-state index < -0.39 is 12.0 Å². The van der Waals surface area contributed by atoms with Crippen molar-refractivity contribution in [2.45, 2.75) is 25.4 Å². The van der Waals surface area contributed by atoms with Gasteiger partial charge in [0, 0.05) is 6.54 Å². The van der Waals surface area contributed by atoms with Gasteiger partial charge in [-0.3, -0.25) is 9.69 Å². The van der Waals surface area contributed by atoms with Gasteiger partial charge in [-0.25, -0.2) is 0 Å². The summed E-state index contributed by atoms with van der Waals surface area (Å²) in [7, 11) is 0. The van der Waals surface area contributed by atoms with Crippen LogP contribution in [0.2, 0.25) is 0 Å². The third kappa shape index (κ3) is 2.50. The maximum absolute atomic E-state index is 11.2. The number of hydrogen-bond acceptors (Lipinski definition) is 4. The summed E-state index contributed by atoms with van der Waals surface area (Å²) in [5.41, 5.74) is 0. The first-order chi connectivity index (χ1) is 8.24. The van der Waals surface area contributed by atoms with Crippen LogP contribution in [0.15, 0.2) is 22.8 Å². The summed E-state index contributed by atoms with van der Waals surface area (Å²) in [5.74, 6) is -0.0182. The Labute approximate surface area is 100.0 Å². The third-order valence-corrected chi connectivity index (χ3v) is 3.11. The molecule has 17 heavy (non-hydrogen) atoms. The zero-order valence-electron chi connectivity index (χ0n) is 9.83. The Kier molecular flexibility index (Phi) is 3.81. The molecule has 1 aliphatic heterocycles. The maximum Gasteiger partial charge on any atom is 0.323 e.